The minimum Gasteiger partial charge on any atom is -0.482 e. The molecule has 154 valence electrons. The predicted octanol–water partition coefficient (Wildman–Crippen LogP) is 4.92. The van der Waals surface area contributed by atoms with Crippen molar-refractivity contribution in [3.05, 3.63) is 46.4 Å². The van der Waals surface area contributed by atoms with Crippen LogP contribution in [0.2, 0.25) is 10.0 Å². The lowest BCUT2D eigenvalue weighted by Crippen LogP contribution is -2.44. The summed E-state index contributed by atoms with van der Waals surface area (Å²) in [6.07, 6.45) is 1.32. The van der Waals surface area contributed by atoms with Crippen LogP contribution in [0.15, 0.2) is 36.4 Å². The third-order valence-corrected chi connectivity index (χ3v) is 4.97. The Hall–Kier alpha value is -2.44. The van der Waals surface area contributed by atoms with E-state index in [1.165, 1.54) is 0 Å². The number of benzene rings is 2. The highest BCUT2D eigenvalue weighted by atomic mass is 35.5. The van der Waals surface area contributed by atoms with Crippen molar-refractivity contribution < 1.29 is 19.1 Å². The summed E-state index contributed by atoms with van der Waals surface area (Å²) in [5.41, 5.74) is 1.20. The third kappa shape index (κ3) is 5.14. The molecule has 0 fully saturated rings. The molecule has 1 N–H and O–H groups in total. The van der Waals surface area contributed by atoms with Gasteiger partial charge in [0, 0.05) is 17.3 Å². The molecule has 1 unspecified atom stereocenters. The van der Waals surface area contributed by atoms with Crippen molar-refractivity contribution in [2.45, 2.75) is 32.8 Å². The topological polar surface area (TPSA) is 67.9 Å². The van der Waals surface area contributed by atoms with Crippen molar-refractivity contribution in [1.29, 1.82) is 0 Å². The van der Waals surface area contributed by atoms with Crippen molar-refractivity contribution in [2.75, 3.05) is 23.4 Å². The zero-order valence-corrected chi connectivity index (χ0v) is 17.7. The summed E-state index contributed by atoms with van der Waals surface area (Å²) in [5.74, 6) is 0.549. The second kappa shape index (κ2) is 9.37. The molecular weight excluding hydrogens is 415 g/mol. The lowest BCUT2D eigenvalue weighted by atomic mass is 10.1. The van der Waals surface area contributed by atoms with Gasteiger partial charge in [0.05, 0.1) is 10.7 Å². The normalized spacial score (nSPS) is 15.5. The van der Waals surface area contributed by atoms with Crippen LogP contribution in [0.1, 0.15) is 26.7 Å². The first-order valence-corrected chi connectivity index (χ1v) is 10.1. The van der Waals surface area contributed by atoms with Crippen LogP contribution in [-0.4, -0.2) is 31.1 Å². The van der Waals surface area contributed by atoms with Crippen LogP contribution in [0.5, 0.6) is 11.5 Å². The van der Waals surface area contributed by atoms with Gasteiger partial charge < -0.3 is 19.7 Å². The van der Waals surface area contributed by atoms with E-state index >= 15 is 0 Å². The SMILES string of the molecule is CCCCN1C(=O)C(C)Oc2ccc(NC(=O)COc3ccc(Cl)cc3Cl)cc21. The number of halogens is 2. The number of carbonyl (C=O) groups is 2. The summed E-state index contributed by atoms with van der Waals surface area (Å²) >= 11 is 11.9. The number of anilines is 2. The van der Waals surface area contributed by atoms with E-state index in [-0.39, 0.29) is 18.4 Å². The minimum absolute atomic E-state index is 0.0878. The van der Waals surface area contributed by atoms with Crippen LogP contribution in [-0.2, 0) is 9.59 Å². The largest absolute Gasteiger partial charge is 0.482 e. The number of nitrogens with one attached hydrogen (secondary N) is 1. The minimum atomic E-state index is -0.530. The first-order valence-electron chi connectivity index (χ1n) is 9.39. The Morgan fingerprint density at radius 2 is 2.03 bits per heavy atom. The van der Waals surface area contributed by atoms with Gasteiger partial charge in [-0.25, -0.2) is 0 Å². The van der Waals surface area contributed by atoms with E-state index in [0.717, 1.165) is 12.8 Å². The molecule has 1 heterocycles. The summed E-state index contributed by atoms with van der Waals surface area (Å²) in [5, 5.41) is 3.58. The molecule has 2 aromatic rings. The molecule has 0 aromatic heterocycles. The molecule has 0 saturated carbocycles. The Labute approximate surface area is 179 Å². The average Bonchev–Trinajstić information content (AvgIpc) is 2.68. The molecule has 0 bridgehead atoms. The fraction of sp³-hybridized carbons (Fsp3) is 0.333. The van der Waals surface area contributed by atoms with E-state index in [1.807, 2.05) is 0 Å². The van der Waals surface area contributed by atoms with E-state index in [1.54, 1.807) is 48.2 Å². The molecule has 6 nitrogen and oxygen atoms in total. The quantitative estimate of drug-likeness (QED) is 0.668. The van der Waals surface area contributed by atoms with Gasteiger partial charge >= 0.3 is 0 Å². The molecule has 1 aliphatic heterocycles. The third-order valence-electron chi connectivity index (χ3n) is 4.44. The van der Waals surface area contributed by atoms with Gasteiger partial charge in [0.2, 0.25) is 0 Å². The number of nitrogens with zero attached hydrogens (tertiary/aromatic N) is 1. The van der Waals surface area contributed by atoms with Crippen LogP contribution in [0, 0.1) is 0 Å². The van der Waals surface area contributed by atoms with E-state index in [2.05, 4.69) is 12.2 Å². The number of hydrogen-bond acceptors (Lipinski definition) is 4. The van der Waals surface area contributed by atoms with Crippen LogP contribution in [0.25, 0.3) is 0 Å². The lowest BCUT2D eigenvalue weighted by Gasteiger charge is -2.33. The lowest BCUT2D eigenvalue weighted by molar-refractivity contribution is -0.125. The van der Waals surface area contributed by atoms with Crippen molar-refractivity contribution in [2.24, 2.45) is 0 Å². The molecule has 3 rings (SSSR count). The van der Waals surface area contributed by atoms with Crippen LogP contribution in [0.4, 0.5) is 11.4 Å². The fourth-order valence-electron chi connectivity index (χ4n) is 2.96. The fourth-order valence-corrected chi connectivity index (χ4v) is 3.43. The summed E-state index contributed by atoms with van der Waals surface area (Å²) in [6.45, 7) is 4.19. The highest BCUT2D eigenvalue weighted by molar-refractivity contribution is 6.35. The molecule has 8 heteroatoms. The molecule has 0 spiro atoms. The smallest absolute Gasteiger partial charge is 0.267 e. The summed E-state index contributed by atoms with van der Waals surface area (Å²) in [6, 6.07) is 10.0. The number of hydrogen-bond donors (Lipinski definition) is 1. The molecule has 0 aliphatic carbocycles. The number of rotatable bonds is 7. The summed E-state index contributed by atoms with van der Waals surface area (Å²) in [4.78, 5) is 26.5. The van der Waals surface area contributed by atoms with E-state index < -0.39 is 6.10 Å². The Balaban J connectivity index is 1.69. The molecule has 29 heavy (non-hydrogen) atoms. The van der Waals surface area contributed by atoms with Crippen LogP contribution >= 0.6 is 23.2 Å². The Morgan fingerprint density at radius 3 is 2.76 bits per heavy atom. The number of ether oxygens (including phenoxy) is 2. The average molecular weight is 437 g/mol. The monoisotopic (exact) mass is 436 g/mol. The molecule has 0 saturated heterocycles. The maximum atomic E-state index is 12.5. The molecule has 2 aromatic carbocycles. The highest BCUT2D eigenvalue weighted by Crippen LogP contribution is 2.36. The Kier molecular flexibility index (Phi) is 6.87. The second-order valence-corrected chi connectivity index (χ2v) is 7.54. The summed E-state index contributed by atoms with van der Waals surface area (Å²) < 4.78 is 11.1. The van der Waals surface area contributed by atoms with E-state index in [9.17, 15) is 9.59 Å². The van der Waals surface area contributed by atoms with Gasteiger partial charge in [-0.3, -0.25) is 9.59 Å². The zero-order chi connectivity index (χ0) is 21.0. The first kappa shape index (κ1) is 21.3. The van der Waals surface area contributed by atoms with Gasteiger partial charge in [-0.15, -0.1) is 0 Å². The maximum Gasteiger partial charge on any atom is 0.267 e. The van der Waals surface area contributed by atoms with Gasteiger partial charge in [0.25, 0.3) is 11.8 Å². The highest BCUT2D eigenvalue weighted by Gasteiger charge is 2.31. The van der Waals surface area contributed by atoms with Gasteiger partial charge in [0.1, 0.15) is 11.5 Å². The zero-order valence-electron chi connectivity index (χ0n) is 16.2. The molecule has 1 aliphatic rings. The number of amides is 2. The molecule has 2 amide bonds. The molecule has 1 atom stereocenters. The predicted molar refractivity (Wildman–Crippen MR) is 114 cm³/mol. The molecule has 0 radical (unpaired) electrons. The van der Waals surface area contributed by atoms with Crippen molar-refractivity contribution >= 4 is 46.4 Å². The van der Waals surface area contributed by atoms with E-state index in [0.29, 0.717) is 39.5 Å². The van der Waals surface area contributed by atoms with Crippen molar-refractivity contribution in [3.63, 3.8) is 0 Å². The van der Waals surface area contributed by atoms with Gasteiger partial charge in [-0.2, -0.15) is 0 Å². The van der Waals surface area contributed by atoms with Crippen molar-refractivity contribution in [1.82, 2.24) is 0 Å². The Bertz CT molecular complexity index is 920. The number of fused-ring (bicyclic) bond motifs is 1. The van der Waals surface area contributed by atoms with Crippen LogP contribution < -0.4 is 19.7 Å². The number of carbonyl (C=O) groups excluding carboxylic acids is 2. The van der Waals surface area contributed by atoms with Gasteiger partial charge in [-0.05, 0) is 49.7 Å². The van der Waals surface area contributed by atoms with E-state index in [4.69, 9.17) is 32.7 Å². The van der Waals surface area contributed by atoms with Gasteiger partial charge in [0.15, 0.2) is 12.7 Å². The Morgan fingerprint density at radius 1 is 1.24 bits per heavy atom. The second-order valence-electron chi connectivity index (χ2n) is 6.70. The standard InChI is InChI=1S/C21H22Cl2N2O4/c1-3-4-9-25-17-11-15(6-8-19(17)29-13(2)21(25)27)24-20(26)12-28-18-7-5-14(22)10-16(18)23/h5-8,10-11,13H,3-4,9,12H2,1-2H3,(H,24,26). The number of unbranched alkanes of at least 4 members (excludes halogenated alkanes) is 1. The van der Waals surface area contributed by atoms with Crippen LogP contribution in [0.3, 0.4) is 0 Å². The first-order chi connectivity index (χ1) is 13.9. The van der Waals surface area contributed by atoms with Crippen molar-refractivity contribution in [3.8, 4) is 11.5 Å². The molecular formula is C21H22Cl2N2O4. The maximum absolute atomic E-state index is 12.5. The summed E-state index contributed by atoms with van der Waals surface area (Å²) in [7, 11) is 0. The van der Waals surface area contributed by atoms with Gasteiger partial charge in [-0.1, -0.05) is 36.5 Å².